The van der Waals surface area contributed by atoms with Gasteiger partial charge in [-0.15, -0.1) is 6.58 Å². The number of rotatable bonds is 5. The number of nitrogens with zero attached hydrogens (tertiary/aromatic N) is 1. The molecule has 1 aliphatic heterocycles. The van der Waals surface area contributed by atoms with E-state index >= 15 is 0 Å². The molecule has 0 spiro atoms. The smallest absolute Gasteiger partial charge is 0.410 e. The molecule has 4 heteroatoms. The average Bonchev–Trinajstić information content (AvgIpc) is 3.13. The van der Waals surface area contributed by atoms with Crippen LogP contribution in [0.15, 0.2) is 67.3 Å². The molecule has 1 aliphatic rings. The molecule has 1 radical (unpaired) electrons. The maximum Gasteiger partial charge on any atom is 0.410 e. The van der Waals surface area contributed by atoms with Gasteiger partial charge in [0.15, 0.2) is 0 Å². The van der Waals surface area contributed by atoms with Gasteiger partial charge in [-0.25, -0.2) is 4.79 Å². The van der Waals surface area contributed by atoms with E-state index in [-0.39, 0.29) is 11.5 Å². The van der Waals surface area contributed by atoms with Gasteiger partial charge in [0.25, 0.3) is 0 Å². The van der Waals surface area contributed by atoms with Gasteiger partial charge in [-0.3, -0.25) is 0 Å². The van der Waals surface area contributed by atoms with Crippen molar-refractivity contribution < 1.29 is 9.53 Å². The van der Waals surface area contributed by atoms with Crippen molar-refractivity contribution in [1.82, 2.24) is 4.90 Å². The number of carbonyl (C=O) groups is 1. The van der Waals surface area contributed by atoms with E-state index in [1.165, 1.54) is 11.0 Å². The first-order valence-electron chi connectivity index (χ1n) is 8.66. The van der Waals surface area contributed by atoms with Crippen LogP contribution in [0, 0.1) is 0 Å². The number of benzene rings is 2. The predicted octanol–water partition coefficient (Wildman–Crippen LogP) is 3.53. The Bertz CT molecular complexity index is 747. The first-order valence-corrected chi connectivity index (χ1v) is 8.66. The molecule has 0 bridgehead atoms. The highest BCUT2D eigenvalue weighted by atomic mass is 16.6. The Balaban J connectivity index is 1.68. The molecule has 0 N–H and O–H groups in total. The molecule has 1 amide bonds. The second kappa shape index (κ2) is 7.60. The molecule has 2 aromatic rings. The lowest BCUT2D eigenvalue weighted by Gasteiger charge is -2.26. The van der Waals surface area contributed by atoms with Crippen LogP contribution in [0.25, 0.3) is 0 Å². The second-order valence-electron chi connectivity index (χ2n) is 6.49. The van der Waals surface area contributed by atoms with Crippen molar-refractivity contribution in [2.45, 2.75) is 25.3 Å². The molecule has 25 heavy (non-hydrogen) atoms. The van der Waals surface area contributed by atoms with Crippen LogP contribution in [0.2, 0.25) is 6.82 Å². The summed E-state index contributed by atoms with van der Waals surface area (Å²) >= 11 is 0. The van der Waals surface area contributed by atoms with Crippen molar-refractivity contribution in [3.05, 3.63) is 78.4 Å². The number of hydrogen-bond donors (Lipinski definition) is 0. The normalized spacial score (nSPS) is 19.5. The number of carbonyl (C=O) groups excluding carboxylic acids is 1. The van der Waals surface area contributed by atoms with Crippen LogP contribution >= 0.6 is 0 Å². The van der Waals surface area contributed by atoms with Crippen molar-refractivity contribution in [1.29, 1.82) is 0 Å². The van der Waals surface area contributed by atoms with E-state index in [9.17, 15) is 4.79 Å². The summed E-state index contributed by atoms with van der Waals surface area (Å²) in [4.78, 5) is 14.2. The fourth-order valence-corrected chi connectivity index (χ4v) is 3.35. The second-order valence-corrected chi connectivity index (χ2v) is 6.49. The van der Waals surface area contributed by atoms with Gasteiger partial charge in [0.1, 0.15) is 13.9 Å². The molecule has 3 rings (SSSR count). The molecule has 1 heterocycles. The van der Waals surface area contributed by atoms with E-state index in [4.69, 9.17) is 4.74 Å². The summed E-state index contributed by atoms with van der Waals surface area (Å²) in [5.41, 5.74) is 3.18. The quantitative estimate of drug-likeness (QED) is 0.619. The summed E-state index contributed by atoms with van der Waals surface area (Å²) in [5, 5.41) is 0. The molecule has 0 saturated carbocycles. The summed E-state index contributed by atoms with van der Waals surface area (Å²) in [6, 6.07) is 18.2. The number of amides is 1. The van der Waals surface area contributed by atoms with E-state index in [0.717, 1.165) is 12.0 Å². The van der Waals surface area contributed by atoms with Crippen LogP contribution in [0.3, 0.4) is 0 Å². The van der Waals surface area contributed by atoms with Crippen molar-refractivity contribution in [2.24, 2.45) is 0 Å². The van der Waals surface area contributed by atoms with Gasteiger partial charge < -0.3 is 9.64 Å². The Morgan fingerprint density at radius 3 is 2.80 bits per heavy atom. The van der Waals surface area contributed by atoms with Crippen molar-refractivity contribution >= 4 is 18.8 Å². The maximum absolute atomic E-state index is 12.4. The molecule has 1 unspecified atom stereocenters. The zero-order chi connectivity index (χ0) is 17.7. The zero-order valence-corrected chi connectivity index (χ0v) is 14.7. The van der Waals surface area contributed by atoms with Gasteiger partial charge >= 0.3 is 6.09 Å². The largest absolute Gasteiger partial charge is 0.445 e. The first kappa shape index (κ1) is 17.3. The van der Waals surface area contributed by atoms with Gasteiger partial charge in [0, 0.05) is 18.5 Å². The SMILES string of the molecule is C=CC1(c2cccc([B]C)c2)CCN(C(=O)OCc2ccccc2)C1. The summed E-state index contributed by atoms with van der Waals surface area (Å²) < 4.78 is 5.48. The molecule has 0 aliphatic carbocycles. The van der Waals surface area contributed by atoms with Crippen LogP contribution in [0.5, 0.6) is 0 Å². The highest BCUT2D eigenvalue weighted by Gasteiger charge is 2.39. The number of ether oxygens (including phenoxy) is 1. The van der Waals surface area contributed by atoms with Crippen LogP contribution in [0.1, 0.15) is 17.5 Å². The van der Waals surface area contributed by atoms with Crippen molar-refractivity contribution in [3.63, 3.8) is 0 Å². The number of likely N-dealkylation sites (tertiary alicyclic amines) is 1. The van der Waals surface area contributed by atoms with Crippen LogP contribution in [-0.4, -0.2) is 31.4 Å². The molecule has 3 nitrogen and oxygen atoms in total. The van der Waals surface area contributed by atoms with Crippen LogP contribution < -0.4 is 5.46 Å². The van der Waals surface area contributed by atoms with E-state index < -0.39 is 0 Å². The summed E-state index contributed by atoms with van der Waals surface area (Å²) in [7, 11) is 2.08. The minimum Gasteiger partial charge on any atom is -0.445 e. The first-order chi connectivity index (χ1) is 12.2. The van der Waals surface area contributed by atoms with Crippen LogP contribution in [0.4, 0.5) is 4.79 Å². The van der Waals surface area contributed by atoms with E-state index in [2.05, 4.69) is 38.1 Å². The summed E-state index contributed by atoms with van der Waals surface area (Å²) in [6.45, 7) is 7.67. The number of hydrogen-bond acceptors (Lipinski definition) is 2. The molecule has 2 aromatic carbocycles. The minimum atomic E-state index is -0.259. The summed E-state index contributed by atoms with van der Waals surface area (Å²) in [6.07, 6.45) is 2.59. The van der Waals surface area contributed by atoms with Gasteiger partial charge in [-0.1, -0.05) is 73.0 Å². The molecular weight excluding hydrogens is 309 g/mol. The topological polar surface area (TPSA) is 29.5 Å². The third kappa shape index (κ3) is 3.79. The van der Waals surface area contributed by atoms with E-state index in [1.807, 2.05) is 43.2 Å². The molecule has 1 fully saturated rings. The third-order valence-electron chi connectivity index (χ3n) is 4.95. The van der Waals surface area contributed by atoms with Gasteiger partial charge in [-0.2, -0.15) is 0 Å². The third-order valence-corrected chi connectivity index (χ3v) is 4.95. The van der Waals surface area contributed by atoms with Gasteiger partial charge in [0.05, 0.1) is 0 Å². The van der Waals surface area contributed by atoms with Gasteiger partial charge in [0.2, 0.25) is 0 Å². The lowest BCUT2D eigenvalue weighted by atomic mass is 9.70. The van der Waals surface area contributed by atoms with Crippen molar-refractivity contribution in [2.75, 3.05) is 13.1 Å². The monoisotopic (exact) mass is 332 g/mol. The van der Waals surface area contributed by atoms with Crippen LogP contribution in [-0.2, 0) is 16.8 Å². The van der Waals surface area contributed by atoms with Crippen molar-refractivity contribution in [3.8, 4) is 0 Å². The van der Waals surface area contributed by atoms with E-state index in [0.29, 0.717) is 19.7 Å². The lowest BCUT2D eigenvalue weighted by molar-refractivity contribution is 0.103. The average molecular weight is 332 g/mol. The standard InChI is InChI=1S/C21H23BNO2/c1-3-21(18-10-7-11-19(14-18)22-2)12-13-23(16-21)20(24)25-15-17-8-5-4-6-9-17/h3-11,14H,1,12-13,15-16H2,2H3. The fraction of sp³-hybridized carbons (Fsp3) is 0.286. The zero-order valence-electron chi connectivity index (χ0n) is 14.7. The minimum absolute atomic E-state index is 0.204. The predicted molar refractivity (Wildman–Crippen MR) is 102 cm³/mol. The molecule has 1 saturated heterocycles. The molecular formula is C21H23BNO2. The highest BCUT2D eigenvalue weighted by Crippen LogP contribution is 2.35. The van der Waals surface area contributed by atoms with Gasteiger partial charge in [-0.05, 0) is 17.5 Å². The maximum atomic E-state index is 12.4. The summed E-state index contributed by atoms with van der Waals surface area (Å²) in [5.74, 6) is 0. The lowest BCUT2D eigenvalue weighted by Crippen LogP contribution is -2.34. The highest BCUT2D eigenvalue weighted by molar-refractivity contribution is 6.51. The Morgan fingerprint density at radius 2 is 2.08 bits per heavy atom. The van der Waals surface area contributed by atoms with E-state index in [1.54, 1.807) is 4.90 Å². The molecule has 0 aromatic heterocycles. The Kier molecular flexibility index (Phi) is 5.27. The Labute approximate surface area is 150 Å². The Hall–Kier alpha value is -2.49. The fourth-order valence-electron chi connectivity index (χ4n) is 3.35. The molecule has 1 atom stereocenters. The molecule has 127 valence electrons. The Morgan fingerprint density at radius 1 is 1.28 bits per heavy atom.